The van der Waals surface area contributed by atoms with Gasteiger partial charge in [-0.25, -0.2) is 4.79 Å². The van der Waals surface area contributed by atoms with E-state index in [0.29, 0.717) is 14.9 Å². The summed E-state index contributed by atoms with van der Waals surface area (Å²) in [7, 11) is 0. The molecule has 0 N–H and O–H groups in total. The maximum Gasteiger partial charge on any atom is 0.374 e. The summed E-state index contributed by atoms with van der Waals surface area (Å²) in [5.41, 5.74) is -0.0718. The van der Waals surface area contributed by atoms with E-state index in [1.807, 2.05) is 0 Å². The third kappa shape index (κ3) is 2.42. The molecule has 2 aromatic rings. The molecule has 0 atom stereocenters. The molecule has 1 aromatic heterocycles. The molecule has 4 nitrogen and oxygen atoms in total. The van der Waals surface area contributed by atoms with E-state index in [1.54, 1.807) is 13.0 Å². The third-order valence-corrected chi connectivity index (χ3v) is 3.03. The molecule has 0 bridgehead atoms. The van der Waals surface area contributed by atoms with E-state index in [9.17, 15) is 9.59 Å². The second kappa shape index (κ2) is 5.12. The molecule has 0 spiro atoms. The molecule has 6 heteroatoms. The van der Waals surface area contributed by atoms with Crippen LogP contribution in [0.2, 0.25) is 5.02 Å². The Balaban J connectivity index is 2.69. The topological polar surface area (TPSA) is 56.5 Å². The maximum atomic E-state index is 11.9. The highest BCUT2D eigenvalue weighted by molar-refractivity contribution is 9.10. The molecule has 0 aliphatic carbocycles. The van der Waals surface area contributed by atoms with Gasteiger partial charge < -0.3 is 9.15 Å². The minimum absolute atomic E-state index is 0.127. The van der Waals surface area contributed by atoms with Gasteiger partial charge in [0.1, 0.15) is 0 Å². The van der Waals surface area contributed by atoms with Crippen molar-refractivity contribution in [1.82, 2.24) is 0 Å². The fourth-order valence-electron chi connectivity index (χ4n) is 1.49. The van der Waals surface area contributed by atoms with Crippen LogP contribution >= 0.6 is 27.5 Å². The fourth-order valence-corrected chi connectivity index (χ4v) is 2.38. The van der Waals surface area contributed by atoms with Crippen molar-refractivity contribution < 1.29 is 13.9 Å². The SMILES string of the molecule is CCOC(=O)c1cc(=O)c2cc(Cl)cc(Br)c2o1. The molecule has 0 fully saturated rings. The Hall–Kier alpha value is -1.33. The lowest BCUT2D eigenvalue weighted by atomic mass is 10.2. The maximum absolute atomic E-state index is 11.9. The molecule has 0 saturated heterocycles. The van der Waals surface area contributed by atoms with Crippen molar-refractivity contribution >= 4 is 44.5 Å². The Bertz CT molecular complexity index is 678. The van der Waals surface area contributed by atoms with E-state index in [2.05, 4.69) is 15.9 Å². The van der Waals surface area contributed by atoms with Gasteiger partial charge in [0.25, 0.3) is 0 Å². The number of fused-ring (bicyclic) bond motifs is 1. The molecule has 0 unspecified atom stereocenters. The molecule has 1 heterocycles. The average Bonchev–Trinajstić information content (AvgIpc) is 2.30. The molecule has 0 saturated carbocycles. The minimum atomic E-state index is -0.668. The first-order chi connectivity index (χ1) is 8.52. The van der Waals surface area contributed by atoms with E-state index in [4.69, 9.17) is 20.8 Å². The summed E-state index contributed by atoms with van der Waals surface area (Å²) in [5.74, 6) is -0.796. The van der Waals surface area contributed by atoms with Gasteiger partial charge in [-0.1, -0.05) is 11.6 Å². The summed E-state index contributed by atoms with van der Waals surface area (Å²) in [6, 6.07) is 4.17. The Morgan fingerprint density at radius 3 is 2.83 bits per heavy atom. The van der Waals surface area contributed by atoms with Crippen molar-refractivity contribution in [1.29, 1.82) is 0 Å². The van der Waals surface area contributed by atoms with E-state index >= 15 is 0 Å². The van der Waals surface area contributed by atoms with Gasteiger partial charge in [0.15, 0.2) is 11.0 Å². The zero-order chi connectivity index (χ0) is 13.3. The lowest BCUT2D eigenvalue weighted by molar-refractivity contribution is 0.0490. The molecule has 0 aliphatic heterocycles. The number of carbonyl (C=O) groups is 1. The number of benzene rings is 1. The minimum Gasteiger partial charge on any atom is -0.460 e. The number of carbonyl (C=O) groups excluding carboxylic acids is 1. The molecule has 18 heavy (non-hydrogen) atoms. The lowest BCUT2D eigenvalue weighted by Crippen LogP contribution is -2.10. The van der Waals surface area contributed by atoms with Crippen molar-refractivity contribution in [2.75, 3.05) is 6.61 Å². The van der Waals surface area contributed by atoms with Crippen LogP contribution in [0, 0.1) is 0 Å². The van der Waals surface area contributed by atoms with Crippen LogP contribution in [0.15, 0.2) is 31.9 Å². The van der Waals surface area contributed by atoms with Gasteiger partial charge in [0, 0.05) is 11.1 Å². The predicted molar refractivity (Wildman–Crippen MR) is 71.2 cm³/mol. The van der Waals surface area contributed by atoms with Crippen LogP contribution in [0.3, 0.4) is 0 Å². The van der Waals surface area contributed by atoms with E-state index in [-0.39, 0.29) is 23.4 Å². The van der Waals surface area contributed by atoms with Gasteiger partial charge in [0.05, 0.1) is 16.5 Å². The standard InChI is InChI=1S/C12H8BrClO4/c1-2-17-12(16)10-5-9(15)7-3-6(14)4-8(13)11(7)18-10/h3-5H,2H2,1H3. The van der Waals surface area contributed by atoms with Crippen LogP contribution in [0.1, 0.15) is 17.5 Å². The fraction of sp³-hybridized carbons (Fsp3) is 0.167. The number of esters is 1. The van der Waals surface area contributed by atoms with Crippen molar-refractivity contribution in [2.45, 2.75) is 6.92 Å². The molecular formula is C12H8BrClO4. The molecule has 2 rings (SSSR count). The molecule has 0 radical (unpaired) electrons. The largest absolute Gasteiger partial charge is 0.460 e. The van der Waals surface area contributed by atoms with Crippen LogP contribution in [-0.4, -0.2) is 12.6 Å². The predicted octanol–water partition coefficient (Wildman–Crippen LogP) is 3.39. The molecule has 94 valence electrons. The van der Waals surface area contributed by atoms with Crippen LogP contribution in [0.5, 0.6) is 0 Å². The normalized spacial score (nSPS) is 10.6. The first-order valence-corrected chi connectivity index (χ1v) is 6.30. The average molecular weight is 332 g/mol. The molecule has 0 amide bonds. The van der Waals surface area contributed by atoms with Crippen LogP contribution < -0.4 is 5.43 Å². The van der Waals surface area contributed by atoms with Gasteiger partial charge in [0.2, 0.25) is 5.76 Å². The summed E-state index contributed by atoms with van der Waals surface area (Å²) in [6.45, 7) is 1.88. The number of ether oxygens (including phenoxy) is 1. The highest BCUT2D eigenvalue weighted by Gasteiger charge is 2.15. The van der Waals surface area contributed by atoms with Crippen molar-refractivity contribution in [3.8, 4) is 0 Å². The Labute approximate surface area is 116 Å². The highest BCUT2D eigenvalue weighted by Crippen LogP contribution is 2.27. The molecule has 1 aromatic carbocycles. The van der Waals surface area contributed by atoms with Crippen molar-refractivity contribution in [2.24, 2.45) is 0 Å². The van der Waals surface area contributed by atoms with Gasteiger partial charge in [-0.3, -0.25) is 4.79 Å². The van der Waals surface area contributed by atoms with E-state index in [0.717, 1.165) is 6.07 Å². The monoisotopic (exact) mass is 330 g/mol. The zero-order valence-electron chi connectivity index (χ0n) is 9.33. The van der Waals surface area contributed by atoms with Crippen molar-refractivity contribution in [3.63, 3.8) is 0 Å². The summed E-state index contributed by atoms with van der Waals surface area (Å²) in [5, 5.41) is 0.716. The number of halogens is 2. The number of hydrogen-bond donors (Lipinski definition) is 0. The Kier molecular flexibility index (Phi) is 3.73. The summed E-state index contributed by atoms with van der Waals surface area (Å²) >= 11 is 9.08. The number of rotatable bonds is 2. The summed E-state index contributed by atoms with van der Waals surface area (Å²) in [6.07, 6.45) is 0. The van der Waals surface area contributed by atoms with Gasteiger partial charge in [-0.15, -0.1) is 0 Å². The van der Waals surface area contributed by atoms with Gasteiger partial charge in [-0.2, -0.15) is 0 Å². The highest BCUT2D eigenvalue weighted by atomic mass is 79.9. The molecular weight excluding hydrogens is 323 g/mol. The first kappa shape index (κ1) is 13.1. The lowest BCUT2D eigenvalue weighted by Gasteiger charge is -2.04. The van der Waals surface area contributed by atoms with E-state index in [1.165, 1.54) is 6.07 Å². The Morgan fingerprint density at radius 2 is 2.17 bits per heavy atom. The molecule has 0 aliphatic rings. The van der Waals surface area contributed by atoms with Gasteiger partial charge in [-0.05, 0) is 35.0 Å². The van der Waals surface area contributed by atoms with Crippen LogP contribution in [-0.2, 0) is 4.74 Å². The summed E-state index contributed by atoms with van der Waals surface area (Å²) in [4.78, 5) is 23.4. The zero-order valence-corrected chi connectivity index (χ0v) is 11.7. The second-order valence-electron chi connectivity index (χ2n) is 3.46. The van der Waals surface area contributed by atoms with E-state index < -0.39 is 5.97 Å². The third-order valence-electron chi connectivity index (χ3n) is 2.22. The van der Waals surface area contributed by atoms with Crippen LogP contribution in [0.4, 0.5) is 0 Å². The quantitative estimate of drug-likeness (QED) is 0.792. The smallest absolute Gasteiger partial charge is 0.374 e. The van der Waals surface area contributed by atoms with Crippen molar-refractivity contribution in [3.05, 3.63) is 43.7 Å². The Morgan fingerprint density at radius 1 is 1.44 bits per heavy atom. The van der Waals surface area contributed by atoms with Gasteiger partial charge >= 0.3 is 5.97 Å². The first-order valence-electron chi connectivity index (χ1n) is 5.13. The number of hydrogen-bond acceptors (Lipinski definition) is 4. The summed E-state index contributed by atoms with van der Waals surface area (Å²) < 4.78 is 10.7. The van der Waals surface area contributed by atoms with Crippen LogP contribution in [0.25, 0.3) is 11.0 Å². The second-order valence-corrected chi connectivity index (χ2v) is 4.75.